The van der Waals surface area contributed by atoms with Crippen molar-refractivity contribution < 1.29 is 50.8 Å². The molecule has 0 aliphatic heterocycles. The summed E-state index contributed by atoms with van der Waals surface area (Å²) in [5.74, 6) is -0.845. The standard InChI is InChI=1S/C5H8O2.4C2H6O2/c1-3-4(2)5(6)7;4*3-1-2-4/h3H,1-2H3,(H,6,7);4*3-4H,1-2H2. The van der Waals surface area contributed by atoms with Crippen LogP contribution in [0.25, 0.3) is 0 Å². The van der Waals surface area contributed by atoms with Gasteiger partial charge in [0.15, 0.2) is 0 Å². The lowest BCUT2D eigenvalue weighted by Crippen LogP contribution is -1.93. The Kier molecular flexibility index (Phi) is 62.4. The molecule has 0 saturated heterocycles. The highest BCUT2D eigenvalue weighted by Gasteiger charge is 1.93. The predicted octanol–water partition coefficient (Wildman–Crippen LogP) is -3.08. The zero-order chi connectivity index (χ0) is 19.5. The largest absolute Gasteiger partial charge is 0.478 e. The number of carboxylic acid groups (broad SMARTS) is 1. The predicted molar refractivity (Wildman–Crippen MR) is 83.8 cm³/mol. The summed E-state index contributed by atoms with van der Waals surface area (Å²) in [6, 6.07) is 0. The highest BCUT2D eigenvalue weighted by Crippen LogP contribution is 1.87. The summed E-state index contributed by atoms with van der Waals surface area (Å²) in [5.41, 5.74) is 0.389. The lowest BCUT2D eigenvalue weighted by molar-refractivity contribution is -0.132. The molecule has 0 rings (SSSR count). The van der Waals surface area contributed by atoms with E-state index in [0.717, 1.165) is 0 Å². The Morgan fingerprint density at radius 3 is 0.826 bits per heavy atom. The van der Waals surface area contributed by atoms with Gasteiger partial charge >= 0.3 is 5.97 Å². The van der Waals surface area contributed by atoms with Crippen molar-refractivity contribution in [3.8, 4) is 0 Å². The van der Waals surface area contributed by atoms with Crippen molar-refractivity contribution >= 4 is 5.97 Å². The van der Waals surface area contributed by atoms with Gasteiger partial charge in [0, 0.05) is 5.57 Å². The molecule has 0 spiro atoms. The first-order valence-electron chi connectivity index (χ1n) is 6.57. The van der Waals surface area contributed by atoms with E-state index in [1.165, 1.54) is 0 Å². The van der Waals surface area contributed by atoms with Crippen LogP contribution in [0.4, 0.5) is 0 Å². The smallest absolute Gasteiger partial charge is 0.330 e. The van der Waals surface area contributed by atoms with Crippen LogP contribution >= 0.6 is 0 Å². The summed E-state index contributed by atoms with van der Waals surface area (Å²) >= 11 is 0. The minimum absolute atomic E-state index is 0.125. The van der Waals surface area contributed by atoms with Crippen LogP contribution in [0.1, 0.15) is 13.8 Å². The second-order valence-electron chi connectivity index (χ2n) is 3.07. The quantitative estimate of drug-likeness (QED) is 0.229. The van der Waals surface area contributed by atoms with Crippen LogP contribution in [0.15, 0.2) is 11.6 Å². The molecule has 0 bridgehead atoms. The zero-order valence-electron chi connectivity index (χ0n) is 13.7. The summed E-state index contributed by atoms with van der Waals surface area (Å²) in [4.78, 5) is 9.86. The summed E-state index contributed by atoms with van der Waals surface area (Å²) in [6.45, 7) is 2.26. The summed E-state index contributed by atoms with van der Waals surface area (Å²) in [5, 5.41) is 69.1. The van der Waals surface area contributed by atoms with Crippen LogP contribution in [-0.2, 0) is 4.79 Å². The third-order valence-electron chi connectivity index (χ3n) is 1.17. The molecule has 9 N–H and O–H groups in total. The van der Waals surface area contributed by atoms with Gasteiger partial charge in [-0.25, -0.2) is 4.79 Å². The molecule has 0 unspecified atom stereocenters. The Balaban J connectivity index is -0.0000000604. The molecule has 0 aromatic carbocycles. The first kappa shape index (κ1) is 33.5. The molecule has 0 aliphatic carbocycles. The van der Waals surface area contributed by atoms with Crippen molar-refractivity contribution in [2.45, 2.75) is 13.8 Å². The number of carbonyl (C=O) groups is 1. The number of aliphatic hydroxyl groups excluding tert-OH is 8. The van der Waals surface area contributed by atoms with E-state index >= 15 is 0 Å². The minimum Gasteiger partial charge on any atom is -0.478 e. The van der Waals surface area contributed by atoms with Crippen molar-refractivity contribution in [2.24, 2.45) is 0 Å². The number of aliphatic hydroxyl groups is 8. The topological polar surface area (TPSA) is 199 Å². The average Bonchev–Trinajstić information content (AvgIpc) is 2.61. The SMILES string of the molecule is CC=C(C)C(=O)O.OCCO.OCCO.OCCO.OCCO. The summed E-state index contributed by atoms with van der Waals surface area (Å²) in [7, 11) is 0. The first-order chi connectivity index (χ1) is 10.8. The molecule has 23 heavy (non-hydrogen) atoms. The van der Waals surface area contributed by atoms with Crippen LogP contribution in [0.3, 0.4) is 0 Å². The third-order valence-corrected chi connectivity index (χ3v) is 1.17. The van der Waals surface area contributed by atoms with E-state index in [-0.39, 0.29) is 52.9 Å². The molecule has 0 radical (unpaired) electrons. The van der Waals surface area contributed by atoms with E-state index in [1.54, 1.807) is 19.9 Å². The Labute approximate surface area is 136 Å². The average molecular weight is 348 g/mol. The van der Waals surface area contributed by atoms with Gasteiger partial charge in [0.1, 0.15) is 0 Å². The summed E-state index contributed by atoms with van der Waals surface area (Å²) < 4.78 is 0. The minimum atomic E-state index is -0.845. The second kappa shape index (κ2) is 42.8. The van der Waals surface area contributed by atoms with E-state index in [4.69, 9.17) is 46.0 Å². The van der Waals surface area contributed by atoms with Gasteiger partial charge in [-0.3, -0.25) is 0 Å². The molecule has 10 nitrogen and oxygen atoms in total. The highest BCUT2D eigenvalue weighted by molar-refractivity contribution is 5.85. The number of allylic oxidation sites excluding steroid dienone is 1. The van der Waals surface area contributed by atoms with E-state index < -0.39 is 5.97 Å². The van der Waals surface area contributed by atoms with Gasteiger partial charge in [0.2, 0.25) is 0 Å². The summed E-state index contributed by atoms with van der Waals surface area (Å²) in [6.07, 6.45) is 1.56. The number of hydrogen-bond donors (Lipinski definition) is 9. The van der Waals surface area contributed by atoms with E-state index in [2.05, 4.69) is 0 Å². The van der Waals surface area contributed by atoms with Gasteiger partial charge in [-0.2, -0.15) is 0 Å². The maximum atomic E-state index is 9.86. The molecule has 0 atom stereocenters. The molecule has 0 aromatic heterocycles. The number of hydrogen-bond acceptors (Lipinski definition) is 9. The Morgan fingerprint density at radius 2 is 0.826 bits per heavy atom. The van der Waals surface area contributed by atoms with E-state index in [1.807, 2.05) is 0 Å². The fourth-order valence-corrected chi connectivity index (χ4v) is 0.123. The molecule has 10 heteroatoms. The zero-order valence-corrected chi connectivity index (χ0v) is 13.7. The number of aliphatic carboxylic acids is 1. The fraction of sp³-hybridized carbons (Fsp3) is 0.769. The van der Waals surface area contributed by atoms with Gasteiger partial charge in [0.25, 0.3) is 0 Å². The normalized spacial score (nSPS) is 8.70. The highest BCUT2D eigenvalue weighted by atomic mass is 16.4. The van der Waals surface area contributed by atoms with Crippen LogP contribution < -0.4 is 0 Å². The van der Waals surface area contributed by atoms with Crippen molar-refractivity contribution in [3.63, 3.8) is 0 Å². The van der Waals surface area contributed by atoms with Gasteiger partial charge in [-0.05, 0) is 13.8 Å². The molecular weight excluding hydrogens is 316 g/mol. The van der Waals surface area contributed by atoms with E-state index in [0.29, 0.717) is 5.57 Å². The van der Waals surface area contributed by atoms with Gasteiger partial charge < -0.3 is 46.0 Å². The van der Waals surface area contributed by atoms with Gasteiger partial charge in [0.05, 0.1) is 52.9 Å². The molecular formula is C13H32O10. The third kappa shape index (κ3) is 94.3. The number of rotatable bonds is 5. The Hall–Kier alpha value is -1.11. The van der Waals surface area contributed by atoms with Crippen molar-refractivity contribution in [2.75, 3.05) is 52.9 Å². The van der Waals surface area contributed by atoms with Crippen molar-refractivity contribution in [1.82, 2.24) is 0 Å². The van der Waals surface area contributed by atoms with Crippen LogP contribution in [-0.4, -0.2) is 105 Å². The van der Waals surface area contributed by atoms with E-state index in [9.17, 15) is 4.79 Å². The monoisotopic (exact) mass is 348 g/mol. The van der Waals surface area contributed by atoms with Gasteiger partial charge in [-0.1, -0.05) is 6.08 Å². The van der Waals surface area contributed by atoms with Crippen molar-refractivity contribution in [1.29, 1.82) is 0 Å². The maximum Gasteiger partial charge on any atom is 0.330 e. The maximum absolute atomic E-state index is 9.86. The Morgan fingerprint density at radius 1 is 0.652 bits per heavy atom. The molecule has 0 aliphatic rings. The van der Waals surface area contributed by atoms with Crippen LogP contribution in [0.5, 0.6) is 0 Å². The first-order valence-corrected chi connectivity index (χ1v) is 6.57. The molecule has 0 aromatic rings. The van der Waals surface area contributed by atoms with Crippen molar-refractivity contribution in [3.05, 3.63) is 11.6 Å². The number of carboxylic acids is 1. The molecule has 0 heterocycles. The molecule has 0 amide bonds. The lowest BCUT2D eigenvalue weighted by Gasteiger charge is -1.84. The Bertz CT molecular complexity index is 185. The molecule has 0 saturated carbocycles. The second-order valence-corrected chi connectivity index (χ2v) is 3.07. The molecule has 144 valence electrons. The fourth-order valence-electron chi connectivity index (χ4n) is 0.123. The lowest BCUT2D eigenvalue weighted by atomic mass is 10.3. The van der Waals surface area contributed by atoms with Crippen LogP contribution in [0.2, 0.25) is 0 Å². The van der Waals surface area contributed by atoms with Crippen LogP contribution in [0, 0.1) is 0 Å². The van der Waals surface area contributed by atoms with Gasteiger partial charge in [-0.15, -0.1) is 0 Å². The molecule has 0 fully saturated rings.